The average Bonchev–Trinajstić information content (AvgIpc) is 2.71. The van der Waals surface area contributed by atoms with Crippen molar-refractivity contribution in [2.24, 2.45) is 0 Å². The molecule has 4 heteroatoms. The molecule has 184 valence electrons. The summed E-state index contributed by atoms with van der Waals surface area (Å²) in [6.07, 6.45) is 28.6. The molecular formula is C27H55NO2P+. The molecule has 0 aliphatic rings. The molecule has 0 aliphatic carbocycles. The van der Waals surface area contributed by atoms with Gasteiger partial charge < -0.3 is 4.89 Å². The van der Waals surface area contributed by atoms with Gasteiger partial charge in [0.15, 0.2) is 0 Å². The molecule has 0 spiro atoms. The van der Waals surface area contributed by atoms with Gasteiger partial charge in [0.2, 0.25) is 0 Å². The molecule has 3 nitrogen and oxygen atoms in total. The minimum Gasteiger partial charge on any atom is -0.590 e. The maximum absolute atomic E-state index is 11.9. The van der Waals surface area contributed by atoms with E-state index < -0.39 is 13.3 Å². The van der Waals surface area contributed by atoms with Crippen molar-refractivity contribution in [1.82, 2.24) is 0 Å². The van der Waals surface area contributed by atoms with Crippen LogP contribution in [0.5, 0.6) is 0 Å². The number of hydrogen-bond donors (Lipinski definition) is 0. The molecule has 0 saturated carbocycles. The third-order valence-electron chi connectivity index (χ3n) is 6.99. The van der Waals surface area contributed by atoms with Gasteiger partial charge in [-0.25, -0.2) is 0 Å². The monoisotopic (exact) mass is 456 g/mol. The van der Waals surface area contributed by atoms with Crippen LogP contribution in [-0.4, -0.2) is 30.9 Å². The number of allylic oxidation sites excluding steroid dienone is 2. The lowest BCUT2D eigenvalue weighted by molar-refractivity contribution is -0.910. The maximum atomic E-state index is 11.9. The summed E-state index contributed by atoms with van der Waals surface area (Å²) in [7, 11) is 3.63. The van der Waals surface area contributed by atoms with Gasteiger partial charge in [-0.3, -0.25) is 4.48 Å². The van der Waals surface area contributed by atoms with E-state index in [1.54, 1.807) is 0 Å². The first-order chi connectivity index (χ1) is 14.8. The van der Waals surface area contributed by atoms with E-state index >= 15 is 0 Å². The second-order valence-corrected chi connectivity index (χ2v) is 11.7. The van der Waals surface area contributed by atoms with Gasteiger partial charge in [0.05, 0.1) is 21.1 Å². The lowest BCUT2D eigenvalue weighted by Crippen LogP contribution is -2.55. The first-order valence-electron chi connectivity index (χ1n) is 13.4. The van der Waals surface area contributed by atoms with E-state index in [0.29, 0.717) is 10.9 Å². The summed E-state index contributed by atoms with van der Waals surface area (Å²) >= 11 is 0. The minimum absolute atomic E-state index is 0.511. The Kier molecular flexibility index (Phi) is 19.1. The number of unbranched alkanes of at least 4 members (excludes halogenated alkanes) is 15. The second kappa shape index (κ2) is 19.2. The van der Waals surface area contributed by atoms with Gasteiger partial charge in [-0.2, -0.15) is 0 Å². The summed E-state index contributed by atoms with van der Waals surface area (Å²) in [5.41, 5.74) is 0. The Morgan fingerprint density at radius 3 is 1.42 bits per heavy atom. The Labute approximate surface area is 196 Å². The SMILES string of the molecule is CCCCCCC/C=C\CCCCCCCCCCCCC(CC)([P+](=O)[O-])[N+](C)(C)C. The van der Waals surface area contributed by atoms with Crippen LogP contribution in [-0.2, 0) is 4.57 Å². The van der Waals surface area contributed by atoms with Crippen molar-refractivity contribution in [2.75, 3.05) is 21.1 Å². The van der Waals surface area contributed by atoms with E-state index in [0.717, 1.165) is 19.3 Å². The van der Waals surface area contributed by atoms with Crippen LogP contribution in [0.15, 0.2) is 12.2 Å². The molecule has 2 atom stereocenters. The van der Waals surface area contributed by atoms with Crippen LogP contribution >= 0.6 is 8.03 Å². The predicted octanol–water partition coefficient (Wildman–Crippen LogP) is 8.50. The van der Waals surface area contributed by atoms with Crippen molar-refractivity contribution in [1.29, 1.82) is 0 Å². The molecule has 0 aromatic rings. The largest absolute Gasteiger partial charge is 0.590 e. The summed E-state index contributed by atoms with van der Waals surface area (Å²) in [4.78, 5) is 11.9. The zero-order valence-electron chi connectivity index (χ0n) is 21.8. The Morgan fingerprint density at radius 2 is 1.06 bits per heavy atom. The second-order valence-electron chi connectivity index (χ2n) is 10.4. The molecule has 0 aromatic heterocycles. The van der Waals surface area contributed by atoms with Crippen molar-refractivity contribution < 1.29 is 13.9 Å². The van der Waals surface area contributed by atoms with Crippen molar-refractivity contribution in [3.05, 3.63) is 12.2 Å². The fourth-order valence-electron chi connectivity index (χ4n) is 4.64. The van der Waals surface area contributed by atoms with Gasteiger partial charge in [0, 0.05) is 12.8 Å². The van der Waals surface area contributed by atoms with Crippen LogP contribution in [0.4, 0.5) is 0 Å². The molecule has 0 N–H and O–H groups in total. The van der Waals surface area contributed by atoms with Crippen molar-refractivity contribution >= 4 is 8.03 Å². The molecule has 0 aliphatic heterocycles. The maximum Gasteiger partial charge on any atom is 0.376 e. The highest BCUT2D eigenvalue weighted by atomic mass is 31.1. The van der Waals surface area contributed by atoms with Crippen molar-refractivity contribution in [2.45, 2.75) is 141 Å². The summed E-state index contributed by atoms with van der Waals surface area (Å²) in [5.74, 6) is 0. The highest BCUT2D eigenvalue weighted by Gasteiger charge is 2.52. The Hall–Kier alpha value is -0.240. The van der Waals surface area contributed by atoms with Gasteiger partial charge in [-0.05, 0) is 32.1 Å². The molecule has 0 saturated heterocycles. The zero-order chi connectivity index (χ0) is 23.4. The third-order valence-corrected chi connectivity index (χ3v) is 8.81. The number of quaternary nitrogens is 1. The summed E-state index contributed by atoms with van der Waals surface area (Å²) in [5, 5.41) is -0.598. The predicted molar refractivity (Wildman–Crippen MR) is 137 cm³/mol. The van der Waals surface area contributed by atoms with E-state index in [1.807, 2.05) is 28.1 Å². The van der Waals surface area contributed by atoms with Crippen LogP contribution < -0.4 is 4.89 Å². The molecule has 0 fully saturated rings. The van der Waals surface area contributed by atoms with E-state index in [2.05, 4.69) is 19.1 Å². The topological polar surface area (TPSA) is 40.1 Å². The van der Waals surface area contributed by atoms with Crippen molar-refractivity contribution in [3.8, 4) is 0 Å². The summed E-state index contributed by atoms with van der Waals surface area (Å²) in [6.45, 7) is 4.29. The van der Waals surface area contributed by atoms with Crippen molar-refractivity contribution in [3.63, 3.8) is 0 Å². The standard InChI is InChI=1S/C27H55NO2P/c1-6-8-9-10-11-12-13-14-15-16-17-18-19-20-21-22-23-24-25-26-27(7-2,31(29)30)28(3,4)5/h13-14H,6-12,15-26H2,1-5H3/q+1/b14-13-. The van der Waals surface area contributed by atoms with E-state index in [4.69, 9.17) is 0 Å². The normalized spacial score (nSPS) is 14.8. The van der Waals surface area contributed by atoms with E-state index in [-0.39, 0.29) is 0 Å². The van der Waals surface area contributed by atoms with Crippen LogP contribution in [0.3, 0.4) is 0 Å². The van der Waals surface area contributed by atoms with Gasteiger partial charge in [0.25, 0.3) is 5.28 Å². The van der Waals surface area contributed by atoms with Gasteiger partial charge in [-0.15, -0.1) is 0 Å². The lowest BCUT2D eigenvalue weighted by atomic mass is 10.0. The van der Waals surface area contributed by atoms with E-state index in [1.165, 1.54) is 96.3 Å². The molecule has 0 heterocycles. The van der Waals surface area contributed by atoms with Gasteiger partial charge in [0.1, 0.15) is 0 Å². The first kappa shape index (κ1) is 30.8. The lowest BCUT2D eigenvalue weighted by Gasteiger charge is -2.39. The minimum atomic E-state index is -2.41. The van der Waals surface area contributed by atoms with Gasteiger partial charge >= 0.3 is 8.03 Å². The molecular weight excluding hydrogens is 401 g/mol. The molecule has 0 aromatic carbocycles. The molecule has 0 bridgehead atoms. The molecule has 31 heavy (non-hydrogen) atoms. The fraction of sp³-hybridized carbons (Fsp3) is 0.926. The number of hydrogen-bond acceptors (Lipinski definition) is 2. The third kappa shape index (κ3) is 14.5. The number of rotatable bonds is 22. The molecule has 0 amide bonds. The highest BCUT2D eigenvalue weighted by molar-refractivity contribution is 7.38. The zero-order valence-corrected chi connectivity index (χ0v) is 22.7. The molecule has 0 rings (SSSR count). The van der Waals surface area contributed by atoms with Crippen LogP contribution in [0.25, 0.3) is 0 Å². The van der Waals surface area contributed by atoms with Gasteiger partial charge in [-0.1, -0.05) is 108 Å². The summed E-state index contributed by atoms with van der Waals surface area (Å²) < 4.78 is 12.5. The molecule has 2 unspecified atom stereocenters. The Balaban J connectivity index is 3.54. The smallest absolute Gasteiger partial charge is 0.376 e. The number of nitrogens with zero attached hydrogens (tertiary/aromatic N) is 1. The fourth-order valence-corrected chi connectivity index (χ4v) is 5.73. The van der Waals surface area contributed by atoms with Crippen LogP contribution in [0, 0.1) is 0 Å². The summed E-state index contributed by atoms with van der Waals surface area (Å²) in [6, 6.07) is 0. The average molecular weight is 457 g/mol. The van der Waals surface area contributed by atoms with E-state index in [9.17, 15) is 9.46 Å². The highest BCUT2D eigenvalue weighted by Crippen LogP contribution is 2.44. The quantitative estimate of drug-likeness (QED) is 0.0709. The van der Waals surface area contributed by atoms with Crippen LogP contribution in [0.2, 0.25) is 0 Å². The molecule has 0 radical (unpaired) electrons. The first-order valence-corrected chi connectivity index (χ1v) is 14.6. The Morgan fingerprint density at radius 1 is 0.677 bits per heavy atom. The Bertz CT molecular complexity index is 459. The van der Waals surface area contributed by atoms with Crippen LogP contribution in [0.1, 0.15) is 136 Å².